The van der Waals surface area contributed by atoms with Gasteiger partial charge in [0.1, 0.15) is 5.84 Å². The molecule has 0 radical (unpaired) electrons. The monoisotopic (exact) mass is 320 g/mol. The van der Waals surface area contributed by atoms with Crippen LogP contribution < -0.4 is 5.73 Å². The summed E-state index contributed by atoms with van der Waals surface area (Å²) in [4.78, 5) is 14.8. The highest BCUT2D eigenvalue weighted by Gasteiger charge is 2.30. The Hall–Kier alpha value is -2.02. The second-order valence-corrected chi connectivity index (χ2v) is 4.13. The van der Waals surface area contributed by atoms with Crippen molar-refractivity contribution in [2.24, 2.45) is 10.7 Å². The van der Waals surface area contributed by atoms with E-state index in [9.17, 15) is 18.0 Å². The van der Waals surface area contributed by atoms with Crippen LogP contribution in [0.3, 0.4) is 0 Å². The predicted molar refractivity (Wildman–Crippen MR) is 74.5 cm³/mol. The molecule has 1 aromatic carbocycles. The van der Waals surface area contributed by atoms with Crippen LogP contribution in [0, 0.1) is 0 Å². The summed E-state index contributed by atoms with van der Waals surface area (Å²) in [6, 6.07) is 2.89. The van der Waals surface area contributed by atoms with E-state index in [1.165, 1.54) is 19.3 Å². The highest BCUT2D eigenvalue weighted by Crippen LogP contribution is 2.33. The van der Waals surface area contributed by atoms with Crippen LogP contribution in [-0.4, -0.2) is 24.8 Å². The van der Waals surface area contributed by atoms with Gasteiger partial charge in [-0.15, -0.1) is 11.6 Å². The van der Waals surface area contributed by atoms with E-state index in [2.05, 4.69) is 9.73 Å². The second-order valence-electron chi connectivity index (χ2n) is 3.86. The number of methoxy groups -OCH3 is 1. The molecule has 21 heavy (non-hydrogen) atoms. The lowest BCUT2D eigenvalue weighted by atomic mass is 10.1. The molecule has 0 aliphatic rings. The number of carbonyl (C=O) groups excluding carboxylic acids is 1. The predicted octanol–water partition coefficient (Wildman–Crippen LogP) is 3.12. The average molecular weight is 321 g/mol. The number of ether oxygens (including phenoxy) is 1. The zero-order chi connectivity index (χ0) is 16.0. The lowest BCUT2D eigenvalue weighted by Gasteiger charge is -2.09. The van der Waals surface area contributed by atoms with Gasteiger partial charge < -0.3 is 10.5 Å². The summed E-state index contributed by atoms with van der Waals surface area (Å²) in [6.45, 7) is 0. The molecule has 0 unspecified atom stereocenters. The van der Waals surface area contributed by atoms with E-state index in [1.807, 2.05) is 0 Å². The molecule has 0 heterocycles. The molecule has 0 aliphatic carbocycles. The van der Waals surface area contributed by atoms with Crippen LogP contribution >= 0.6 is 11.6 Å². The van der Waals surface area contributed by atoms with Crippen LogP contribution in [0.2, 0.25) is 0 Å². The van der Waals surface area contributed by atoms with Crippen LogP contribution in [-0.2, 0) is 15.7 Å². The maximum absolute atomic E-state index is 12.7. The summed E-state index contributed by atoms with van der Waals surface area (Å²) in [7, 11) is 1.18. The normalized spacial score (nSPS) is 12.7. The third-order valence-electron chi connectivity index (χ3n) is 2.36. The minimum Gasteiger partial charge on any atom is -0.466 e. The molecular formula is C13H12ClF3N2O2. The number of halogens is 4. The quantitative estimate of drug-likeness (QED) is 0.305. The Morgan fingerprint density at radius 1 is 1.48 bits per heavy atom. The Morgan fingerprint density at radius 3 is 2.67 bits per heavy atom. The largest absolute Gasteiger partial charge is 0.466 e. The molecule has 0 spiro atoms. The number of alkyl halides is 4. The van der Waals surface area contributed by atoms with Gasteiger partial charge in [0.15, 0.2) is 0 Å². The molecule has 2 N–H and O–H groups in total. The molecule has 0 amide bonds. The molecule has 1 rings (SSSR count). The Kier molecular flexibility index (Phi) is 5.78. The molecule has 0 saturated carbocycles. The molecule has 8 heteroatoms. The first-order valence-corrected chi connectivity index (χ1v) is 6.17. The van der Waals surface area contributed by atoms with E-state index < -0.39 is 17.7 Å². The van der Waals surface area contributed by atoms with Gasteiger partial charge in [-0.25, -0.2) is 9.79 Å². The molecule has 0 aliphatic heterocycles. The standard InChI is InChI=1S/C13H12ClF3N2O2/c1-21-12(20)5-3-8-2-4-9(13(15,16)17)6-10(8)19-11(18)7-14/h2-6H,7H2,1H3,(H2,18,19). The molecule has 0 fully saturated rings. The van der Waals surface area contributed by atoms with Crippen LogP contribution in [0.5, 0.6) is 0 Å². The number of amidine groups is 1. The minimum atomic E-state index is -4.51. The first-order chi connectivity index (χ1) is 9.77. The molecule has 0 saturated heterocycles. The molecule has 0 aromatic heterocycles. The molecule has 0 bridgehead atoms. The average Bonchev–Trinajstić information content (AvgIpc) is 2.44. The van der Waals surface area contributed by atoms with Gasteiger partial charge in [0.05, 0.1) is 24.2 Å². The summed E-state index contributed by atoms with van der Waals surface area (Å²) < 4.78 is 42.5. The number of nitrogens with two attached hydrogens (primary N) is 1. The van der Waals surface area contributed by atoms with Crippen molar-refractivity contribution in [2.45, 2.75) is 6.18 Å². The van der Waals surface area contributed by atoms with Crippen molar-refractivity contribution in [3.8, 4) is 0 Å². The number of aliphatic imine (C=N–C) groups is 1. The zero-order valence-electron chi connectivity index (χ0n) is 10.9. The Bertz CT molecular complexity index is 583. The van der Waals surface area contributed by atoms with Crippen LogP contribution in [0.15, 0.2) is 29.3 Å². The maximum atomic E-state index is 12.7. The summed E-state index contributed by atoms with van der Waals surface area (Å²) in [6.07, 6.45) is -2.16. The summed E-state index contributed by atoms with van der Waals surface area (Å²) in [5, 5.41) is 0. The van der Waals surface area contributed by atoms with E-state index in [0.29, 0.717) is 0 Å². The van der Waals surface area contributed by atoms with Crippen molar-refractivity contribution >= 4 is 35.2 Å². The number of rotatable bonds is 4. The first-order valence-electron chi connectivity index (χ1n) is 5.64. The first kappa shape index (κ1) is 17.0. The van der Waals surface area contributed by atoms with Crippen molar-refractivity contribution in [3.63, 3.8) is 0 Å². The molecule has 0 atom stereocenters. The number of benzene rings is 1. The van der Waals surface area contributed by atoms with E-state index in [0.717, 1.165) is 18.2 Å². The number of nitrogens with zero attached hydrogens (tertiary/aromatic N) is 1. The van der Waals surface area contributed by atoms with Crippen LogP contribution in [0.4, 0.5) is 18.9 Å². The second kappa shape index (κ2) is 7.12. The fourth-order valence-electron chi connectivity index (χ4n) is 1.37. The maximum Gasteiger partial charge on any atom is 0.416 e. The summed E-state index contributed by atoms with van der Waals surface area (Å²) in [5.41, 5.74) is 4.80. The van der Waals surface area contributed by atoms with Crippen LogP contribution in [0.1, 0.15) is 11.1 Å². The Labute approximate surface area is 124 Å². The van der Waals surface area contributed by atoms with Crippen molar-refractivity contribution in [1.29, 1.82) is 0 Å². The fraction of sp³-hybridized carbons (Fsp3) is 0.231. The summed E-state index contributed by atoms with van der Waals surface area (Å²) in [5.74, 6) is -0.810. The highest BCUT2D eigenvalue weighted by molar-refractivity contribution is 6.28. The van der Waals surface area contributed by atoms with E-state index in [4.69, 9.17) is 17.3 Å². The summed E-state index contributed by atoms with van der Waals surface area (Å²) >= 11 is 5.46. The number of hydrogen-bond donors (Lipinski definition) is 1. The third kappa shape index (κ3) is 5.11. The van der Waals surface area contributed by atoms with Gasteiger partial charge in [0.2, 0.25) is 0 Å². The fourth-order valence-corrected chi connectivity index (χ4v) is 1.43. The topological polar surface area (TPSA) is 64.7 Å². The lowest BCUT2D eigenvalue weighted by Crippen LogP contribution is -2.12. The van der Waals surface area contributed by atoms with Crippen molar-refractivity contribution in [3.05, 3.63) is 35.4 Å². The molecular weight excluding hydrogens is 309 g/mol. The van der Waals surface area contributed by atoms with E-state index in [-0.39, 0.29) is 23.0 Å². The lowest BCUT2D eigenvalue weighted by molar-refractivity contribution is -0.137. The SMILES string of the molecule is COC(=O)C=Cc1ccc(C(F)(F)F)cc1N=C(N)CCl. The Morgan fingerprint density at radius 2 is 2.14 bits per heavy atom. The molecule has 4 nitrogen and oxygen atoms in total. The van der Waals surface area contributed by atoms with Crippen molar-refractivity contribution in [2.75, 3.05) is 13.0 Å². The smallest absolute Gasteiger partial charge is 0.416 e. The van der Waals surface area contributed by atoms with Gasteiger partial charge in [-0.05, 0) is 18.2 Å². The Balaban J connectivity index is 3.30. The number of esters is 1. The highest BCUT2D eigenvalue weighted by atomic mass is 35.5. The van der Waals surface area contributed by atoms with Gasteiger partial charge in [0, 0.05) is 11.6 Å². The van der Waals surface area contributed by atoms with Gasteiger partial charge >= 0.3 is 12.1 Å². The number of hydrogen-bond acceptors (Lipinski definition) is 3. The minimum absolute atomic E-state index is 0.0382. The van der Waals surface area contributed by atoms with Gasteiger partial charge in [-0.3, -0.25) is 0 Å². The zero-order valence-corrected chi connectivity index (χ0v) is 11.7. The third-order valence-corrected chi connectivity index (χ3v) is 2.63. The number of carbonyl (C=O) groups is 1. The van der Waals surface area contributed by atoms with E-state index in [1.54, 1.807) is 0 Å². The van der Waals surface area contributed by atoms with Gasteiger partial charge in [-0.2, -0.15) is 13.2 Å². The van der Waals surface area contributed by atoms with E-state index >= 15 is 0 Å². The molecule has 1 aromatic rings. The van der Waals surface area contributed by atoms with Gasteiger partial charge in [0.25, 0.3) is 0 Å². The van der Waals surface area contributed by atoms with Crippen LogP contribution in [0.25, 0.3) is 6.08 Å². The van der Waals surface area contributed by atoms with Crippen molar-refractivity contribution < 1.29 is 22.7 Å². The van der Waals surface area contributed by atoms with Gasteiger partial charge in [-0.1, -0.05) is 6.07 Å². The molecule has 114 valence electrons. The van der Waals surface area contributed by atoms with Crippen molar-refractivity contribution in [1.82, 2.24) is 0 Å².